The molecule has 0 radical (unpaired) electrons. The molecule has 0 nitrogen and oxygen atoms in total. The largest absolute Gasteiger partial charge is 0.207 e. The van der Waals surface area contributed by atoms with E-state index in [1.165, 1.54) is 0 Å². The van der Waals surface area contributed by atoms with Gasteiger partial charge in [-0.3, -0.25) is 0 Å². The number of alkyl halides is 1. The zero-order valence-electron chi connectivity index (χ0n) is 12.1. The van der Waals surface area contributed by atoms with E-state index >= 15 is 0 Å². The van der Waals surface area contributed by atoms with E-state index in [1.807, 2.05) is 45.0 Å². The molecule has 112 valence electrons. The molecule has 2 rings (SSSR count). The molecule has 0 aromatic heterocycles. The Kier molecular flexibility index (Phi) is 4.47. The first kappa shape index (κ1) is 16.1. The molecule has 2 aromatic rings. The molecule has 0 N–H and O–H groups in total. The first-order chi connectivity index (χ1) is 9.71. The average molecular weight is 357 g/mol. The summed E-state index contributed by atoms with van der Waals surface area (Å²) >= 11 is 3.36. The van der Waals surface area contributed by atoms with Crippen LogP contribution in [0.25, 0.3) is 0 Å². The van der Waals surface area contributed by atoms with E-state index in [0.29, 0.717) is 12.1 Å². The summed E-state index contributed by atoms with van der Waals surface area (Å²) in [5, 5.41) is 0. The summed E-state index contributed by atoms with van der Waals surface area (Å²) in [6.45, 7) is 6.09. The van der Waals surface area contributed by atoms with E-state index in [4.69, 9.17) is 0 Å². The van der Waals surface area contributed by atoms with Gasteiger partial charge in [0.2, 0.25) is 0 Å². The molecule has 1 atom stereocenters. The summed E-state index contributed by atoms with van der Waals surface area (Å²) in [6.07, 6.45) is 0. The quantitative estimate of drug-likeness (QED) is 0.589. The minimum atomic E-state index is -0.919. The summed E-state index contributed by atoms with van der Waals surface area (Å²) in [4.78, 5) is -0.673. The van der Waals surface area contributed by atoms with Crippen molar-refractivity contribution in [1.29, 1.82) is 0 Å². The topological polar surface area (TPSA) is 0 Å². The van der Waals surface area contributed by atoms with Gasteiger partial charge in [-0.2, -0.15) is 0 Å². The highest BCUT2D eigenvalue weighted by Gasteiger charge is 2.26. The molecule has 0 saturated heterocycles. The van der Waals surface area contributed by atoms with Gasteiger partial charge in [0.05, 0.1) is 4.83 Å². The Bertz CT molecular complexity index is 636. The van der Waals surface area contributed by atoms with Crippen molar-refractivity contribution in [3.05, 3.63) is 70.5 Å². The normalized spacial score (nSPS) is 13.3. The van der Waals surface area contributed by atoms with E-state index in [9.17, 15) is 13.2 Å². The highest BCUT2D eigenvalue weighted by molar-refractivity contribution is 9.09. The number of rotatable bonds is 2. The van der Waals surface area contributed by atoms with Crippen LogP contribution in [0.2, 0.25) is 0 Å². The minimum Gasteiger partial charge on any atom is -0.207 e. The molecule has 0 aliphatic heterocycles. The van der Waals surface area contributed by atoms with Crippen molar-refractivity contribution in [2.75, 3.05) is 0 Å². The highest BCUT2D eigenvalue weighted by Crippen LogP contribution is 2.39. The molecule has 2 aromatic carbocycles. The van der Waals surface area contributed by atoms with Crippen LogP contribution in [0.15, 0.2) is 36.4 Å². The van der Waals surface area contributed by atoms with Crippen LogP contribution >= 0.6 is 15.9 Å². The van der Waals surface area contributed by atoms with Crippen LogP contribution in [-0.2, 0) is 5.41 Å². The minimum absolute atomic E-state index is 0.171. The van der Waals surface area contributed by atoms with Gasteiger partial charge in [-0.1, -0.05) is 61.0 Å². The molecule has 0 spiro atoms. The number of benzene rings is 2. The number of hydrogen-bond donors (Lipinski definition) is 0. The number of halogens is 4. The zero-order valence-corrected chi connectivity index (χ0v) is 13.6. The molecule has 21 heavy (non-hydrogen) atoms. The SMILES string of the molecule is CC(C)(C)c1ccccc1C(Br)c1c(F)cc(F)cc1F. The van der Waals surface area contributed by atoms with Gasteiger partial charge in [0.25, 0.3) is 0 Å². The van der Waals surface area contributed by atoms with Gasteiger partial charge in [-0.15, -0.1) is 0 Å². The van der Waals surface area contributed by atoms with Gasteiger partial charge in [0.15, 0.2) is 0 Å². The number of hydrogen-bond acceptors (Lipinski definition) is 0. The molecular formula is C17H16BrF3. The van der Waals surface area contributed by atoms with Crippen LogP contribution in [0.3, 0.4) is 0 Å². The van der Waals surface area contributed by atoms with E-state index in [0.717, 1.165) is 11.1 Å². The van der Waals surface area contributed by atoms with Crippen LogP contribution in [-0.4, -0.2) is 0 Å². The maximum atomic E-state index is 14.0. The molecule has 0 fully saturated rings. The lowest BCUT2D eigenvalue weighted by atomic mass is 9.82. The Morgan fingerprint density at radius 2 is 1.48 bits per heavy atom. The van der Waals surface area contributed by atoms with Crippen molar-refractivity contribution in [1.82, 2.24) is 0 Å². The van der Waals surface area contributed by atoms with Crippen molar-refractivity contribution >= 4 is 15.9 Å². The van der Waals surface area contributed by atoms with Gasteiger partial charge in [-0.05, 0) is 16.5 Å². The van der Waals surface area contributed by atoms with E-state index < -0.39 is 22.3 Å². The summed E-state index contributed by atoms with van der Waals surface area (Å²) in [7, 11) is 0. The van der Waals surface area contributed by atoms with Crippen LogP contribution < -0.4 is 0 Å². The van der Waals surface area contributed by atoms with E-state index in [1.54, 1.807) is 0 Å². The lowest BCUT2D eigenvalue weighted by Gasteiger charge is -2.25. The second kappa shape index (κ2) is 5.84. The average Bonchev–Trinajstić information content (AvgIpc) is 2.36. The summed E-state index contributed by atoms with van der Waals surface area (Å²) in [5.41, 5.74) is 1.41. The van der Waals surface area contributed by atoms with Gasteiger partial charge < -0.3 is 0 Å². The Morgan fingerprint density at radius 1 is 0.952 bits per heavy atom. The Hall–Kier alpha value is -1.29. The maximum Gasteiger partial charge on any atom is 0.133 e. The van der Waals surface area contributed by atoms with Crippen LogP contribution in [0, 0.1) is 17.5 Å². The van der Waals surface area contributed by atoms with Crippen molar-refractivity contribution < 1.29 is 13.2 Å². The van der Waals surface area contributed by atoms with Crippen molar-refractivity contribution in [2.24, 2.45) is 0 Å². The predicted octanol–water partition coefficient (Wildman–Crippen LogP) is 5.89. The van der Waals surface area contributed by atoms with Crippen LogP contribution in [0.5, 0.6) is 0 Å². The van der Waals surface area contributed by atoms with Gasteiger partial charge in [-0.25, -0.2) is 13.2 Å². The van der Waals surface area contributed by atoms with Gasteiger partial charge in [0, 0.05) is 17.7 Å². The van der Waals surface area contributed by atoms with E-state index in [-0.39, 0.29) is 11.0 Å². The van der Waals surface area contributed by atoms with E-state index in [2.05, 4.69) is 15.9 Å². The highest BCUT2D eigenvalue weighted by atomic mass is 79.9. The first-order valence-corrected chi connectivity index (χ1v) is 7.51. The fraction of sp³-hybridized carbons (Fsp3) is 0.294. The Morgan fingerprint density at radius 3 is 2.00 bits per heavy atom. The molecule has 1 unspecified atom stereocenters. The molecule has 0 aliphatic rings. The molecule has 0 heterocycles. The van der Waals surface area contributed by atoms with Crippen molar-refractivity contribution in [3.63, 3.8) is 0 Å². The smallest absolute Gasteiger partial charge is 0.133 e. The summed E-state index contributed by atoms with van der Waals surface area (Å²) in [6, 6.07) is 8.86. The van der Waals surface area contributed by atoms with Crippen molar-refractivity contribution in [2.45, 2.75) is 31.0 Å². The second-order valence-corrected chi connectivity index (χ2v) is 6.90. The van der Waals surface area contributed by atoms with Crippen LogP contribution in [0.4, 0.5) is 13.2 Å². The third kappa shape index (κ3) is 3.31. The third-order valence-corrected chi connectivity index (χ3v) is 4.29. The molecule has 4 heteroatoms. The zero-order chi connectivity index (χ0) is 15.8. The standard InChI is InChI=1S/C17H16BrF3/c1-17(2,3)12-7-5-4-6-11(12)16(18)15-13(20)8-10(19)9-14(15)21/h4-9,16H,1-3H3. The molecule has 0 bridgehead atoms. The monoisotopic (exact) mass is 356 g/mol. The fourth-order valence-corrected chi connectivity index (χ4v) is 3.19. The maximum absolute atomic E-state index is 14.0. The predicted molar refractivity (Wildman–Crippen MR) is 82.2 cm³/mol. The van der Waals surface area contributed by atoms with Crippen molar-refractivity contribution in [3.8, 4) is 0 Å². The molecular weight excluding hydrogens is 341 g/mol. The Balaban J connectivity index is 2.59. The summed E-state index contributed by atoms with van der Waals surface area (Å²) < 4.78 is 41.0. The lowest BCUT2D eigenvalue weighted by Crippen LogP contribution is -2.16. The van der Waals surface area contributed by atoms with Gasteiger partial charge in [0.1, 0.15) is 17.5 Å². The molecule has 0 saturated carbocycles. The Labute approximate surface area is 131 Å². The van der Waals surface area contributed by atoms with Crippen LogP contribution in [0.1, 0.15) is 42.3 Å². The molecule has 0 aliphatic carbocycles. The third-order valence-electron chi connectivity index (χ3n) is 3.34. The fourth-order valence-electron chi connectivity index (χ4n) is 2.35. The van der Waals surface area contributed by atoms with Gasteiger partial charge >= 0.3 is 0 Å². The first-order valence-electron chi connectivity index (χ1n) is 6.59. The molecule has 0 amide bonds. The second-order valence-electron chi connectivity index (χ2n) is 5.98. The summed E-state index contributed by atoms with van der Waals surface area (Å²) in [5.74, 6) is -2.70. The lowest BCUT2D eigenvalue weighted by molar-refractivity contribution is 0.525.